The third kappa shape index (κ3) is 4.64. The molecule has 0 radical (unpaired) electrons. The van der Waals surface area contributed by atoms with Crippen molar-refractivity contribution in [1.29, 1.82) is 0 Å². The van der Waals surface area contributed by atoms with Crippen molar-refractivity contribution in [3.8, 4) is 0 Å². The SMILES string of the molecule is CC(C)(C)OC(=O)N1[C@@H](C[C@@H](S)c2ccccc2)COC1(C)C. The molecule has 2 atom stereocenters. The molecule has 0 N–H and O–H groups in total. The van der Waals surface area contributed by atoms with E-state index < -0.39 is 11.3 Å². The minimum absolute atomic E-state index is 0.0450. The minimum atomic E-state index is -0.669. The molecule has 1 heterocycles. The lowest BCUT2D eigenvalue weighted by atomic mass is 10.0. The molecule has 0 bridgehead atoms. The molecule has 1 saturated heterocycles. The van der Waals surface area contributed by atoms with E-state index in [0.29, 0.717) is 6.61 Å². The van der Waals surface area contributed by atoms with Crippen molar-refractivity contribution in [3.63, 3.8) is 0 Å². The molecule has 0 spiro atoms. The number of hydrogen-bond donors (Lipinski definition) is 1. The maximum absolute atomic E-state index is 12.6. The van der Waals surface area contributed by atoms with E-state index in [1.165, 1.54) is 0 Å². The average molecular weight is 337 g/mol. The van der Waals surface area contributed by atoms with Gasteiger partial charge in [0.2, 0.25) is 0 Å². The highest BCUT2D eigenvalue weighted by Gasteiger charge is 2.46. The molecule has 5 heteroatoms. The number of ether oxygens (including phenoxy) is 2. The summed E-state index contributed by atoms with van der Waals surface area (Å²) in [6.07, 6.45) is 0.383. The van der Waals surface area contributed by atoms with Crippen molar-refractivity contribution in [2.24, 2.45) is 0 Å². The molecule has 0 aliphatic carbocycles. The van der Waals surface area contributed by atoms with Crippen molar-refractivity contribution in [1.82, 2.24) is 4.90 Å². The number of nitrogens with zero attached hydrogens (tertiary/aromatic N) is 1. The van der Waals surface area contributed by atoms with Crippen LogP contribution in [-0.4, -0.2) is 35.0 Å². The lowest BCUT2D eigenvalue weighted by molar-refractivity contribution is -0.0626. The van der Waals surface area contributed by atoms with Crippen LogP contribution in [0.25, 0.3) is 0 Å². The highest BCUT2D eigenvalue weighted by atomic mass is 32.1. The van der Waals surface area contributed by atoms with E-state index in [9.17, 15) is 4.79 Å². The molecular weight excluding hydrogens is 310 g/mol. The van der Waals surface area contributed by atoms with Gasteiger partial charge in [0.05, 0.1) is 12.6 Å². The Bertz CT molecular complexity index is 539. The first-order chi connectivity index (χ1) is 10.6. The smallest absolute Gasteiger partial charge is 0.412 e. The molecule has 0 saturated carbocycles. The second-order valence-corrected chi connectivity index (χ2v) is 8.05. The van der Waals surface area contributed by atoms with Crippen molar-refractivity contribution in [2.75, 3.05) is 6.61 Å². The van der Waals surface area contributed by atoms with Gasteiger partial charge < -0.3 is 9.47 Å². The fourth-order valence-corrected chi connectivity index (χ4v) is 3.22. The van der Waals surface area contributed by atoms with Crippen LogP contribution in [0.1, 0.15) is 51.9 Å². The molecule has 128 valence electrons. The van der Waals surface area contributed by atoms with Gasteiger partial charge >= 0.3 is 6.09 Å². The highest BCUT2D eigenvalue weighted by Crippen LogP contribution is 2.35. The number of rotatable bonds is 3. The molecule has 0 unspecified atom stereocenters. The van der Waals surface area contributed by atoms with E-state index in [2.05, 4.69) is 12.1 Å². The van der Waals surface area contributed by atoms with Gasteiger partial charge in [-0.15, -0.1) is 0 Å². The molecule has 1 aliphatic rings. The fraction of sp³-hybridized carbons (Fsp3) is 0.611. The van der Waals surface area contributed by atoms with Crippen LogP contribution in [0.3, 0.4) is 0 Å². The van der Waals surface area contributed by atoms with Crippen molar-refractivity contribution >= 4 is 18.7 Å². The lowest BCUT2D eigenvalue weighted by Crippen LogP contribution is -2.50. The quantitative estimate of drug-likeness (QED) is 0.830. The minimum Gasteiger partial charge on any atom is -0.444 e. The molecule has 0 aromatic heterocycles. The molecule has 23 heavy (non-hydrogen) atoms. The maximum Gasteiger partial charge on any atom is 0.412 e. The van der Waals surface area contributed by atoms with Crippen LogP contribution in [0.4, 0.5) is 4.79 Å². The number of carbonyl (C=O) groups excluding carboxylic acids is 1. The van der Waals surface area contributed by atoms with Crippen molar-refractivity contribution in [3.05, 3.63) is 35.9 Å². The van der Waals surface area contributed by atoms with Gasteiger partial charge in [-0.2, -0.15) is 12.6 Å². The predicted octanol–water partition coefficient (Wildman–Crippen LogP) is 4.42. The van der Waals surface area contributed by atoms with Crippen LogP contribution in [0.2, 0.25) is 0 Å². The second kappa shape index (κ2) is 6.73. The normalized spacial score (nSPS) is 22.0. The molecule has 1 amide bonds. The molecule has 1 aliphatic heterocycles. The number of thiol groups is 1. The van der Waals surface area contributed by atoms with Crippen molar-refractivity contribution in [2.45, 2.75) is 63.7 Å². The zero-order chi connectivity index (χ0) is 17.3. The summed E-state index contributed by atoms with van der Waals surface area (Å²) in [6.45, 7) is 9.90. The maximum atomic E-state index is 12.6. The zero-order valence-corrected chi connectivity index (χ0v) is 15.5. The van der Waals surface area contributed by atoms with E-state index in [1.54, 1.807) is 4.90 Å². The molecule has 4 nitrogen and oxygen atoms in total. The van der Waals surface area contributed by atoms with Crippen LogP contribution < -0.4 is 0 Å². The van der Waals surface area contributed by atoms with E-state index in [-0.39, 0.29) is 17.4 Å². The van der Waals surface area contributed by atoms with Gasteiger partial charge in [-0.25, -0.2) is 4.79 Å². The summed E-state index contributed by atoms with van der Waals surface area (Å²) in [4.78, 5) is 14.3. The first-order valence-electron chi connectivity index (χ1n) is 7.99. The molecular formula is C18H27NO3S. The highest BCUT2D eigenvalue weighted by molar-refractivity contribution is 7.80. The predicted molar refractivity (Wildman–Crippen MR) is 94.7 cm³/mol. The first-order valence-corrected chi connectivity index (χ1v) is 8.51. The summed E-state index contributed by atoms with van der Waals surface area (Å²) >= 11 is 4.71. The number of carbonyl (C=O) groups is 1. The summed E-state index contributed by atoms with van der Waals surface area (Å²) in [7, 11) is 0. The monoisotopic (exact) mass is 337 g/mol. The summed E-state index contributed by atoms with van der Waals surface area (Å²) < 4.78 is 11.4. The first kappa shape index (κ1) is 18.1. The number of hydrogen-bond acceptors (Lipinski definition) is 4. The van der Waals surface area contributed by atoms with Crippen LogP contribution in [0, 0.1) is 0 Å². The zero-order valence-electron chi connectivity index (χ0n) is 14.6. The Kier molecular flexibility index (Phi) is 5.31. The van der Waals surface area contributed by atoms with Gasteiger partial charge in [-0.3, -0.25) is 4.90 Å². The van der Waals surface area contributed by atoms with E-state index in [0.717, 1.165) is 12.0 Å². The van der Waals surface area contributed by atoms with E-state index in [1.807, 2.05) is 52.8 Å². The fourth-order valence-electron chi connectivity index (χ4n) is 2.81. The Morgan fingerprint density at radius 2 is 2.00 bits per heavy atom. The van der Waals surface area contributed by atoms with Gasteiger partial charge in [-0.05, 0) is 46.6 Å². The Hall–Kier alpha value is -1.20. The summed E-state index contributed by atoms with van der Waals surface area (Å²) in [5.74, 6) is 0. The van der Waals surface area contributed by atoms with Crippen LogP contribution >= 0.6 is 12.6 Å². The van der Waals surface area contributed by atoms with Gasteiger partial charge in [0, 0.05) is 5.25 Å². The Morgan fingerprint density at radius 3 is 2.57 bits per heavy atom. The van der Waals surface area contributed by atoms with Gasteiger partial charge in [-0.1, -0.05) is 30.3 Å². The van der Waals surface area contributed by atoms with Crippen LogP contribution in [0.15, 0.2) is 30.3 Å². The second-order valence-electron chi connectivity index (χ2n) is 7.42. The largest absolute Gasteiger partial charge is 0.444 e. The molecule has 1 fully saturated rings. The van der Waals surface area contributed by atoms with Gasteiger partial charge in [0.15, 0.2) is 0 Å². The summed E-state index contributed by atoms with van der Waals surface area (Å²) in [5.41, 5.74) is -0.0539. The average Bonchev–Trinajstić information content (AvgIpc) is 2.72. The Labute approximate surface area is 144 Å². The van der Waals surface area contributed by atoms with Crippen molar-refractivity contribution < 1.29 is 14.3 Å². The molecule has 1 aromatic rings. The summed E-state index contributed by atoms with van der Waals surface area (Å²) in [6, 6.07) is 10.0. The van der Waals surface area contributed by atoms with Gasteiger partial charge in [0.1, 0.15) is 11.3 Å². The lowest BCUT2D eigenvalue weighted by Gasteiger charge is -2.35. The third-order valence-corrected chi connectivity index (χ3v) is 4.35. The number of benzene rings is 1. The molecule has 2 rings (SSSR count). The Morgan fingerprint density at radius 1 is 1.39 bits per heavy atom. The van der Waals surface area contributed by atoms with E-state index >= 15 is 0 Å². The van der Waals surface area contributed by atoms with Gasteiger partial charge in [0.25, 0.3) is 0 Å². The third-order valence-electron chi connectivity index (χ3n) is 3.84. The Balaban J connectivity index is 2.12. The number of amides is 1. The molecule has 1 aromatic carbocycles. The van der Waals surface area contributed by atoms with E-state index in [4.69, 9.17) is 22.1 Å². The topological polar surface area (TPSA) is 38.8 Å². The van der Waals surface area contributed by atoms with Crippen LogP contribution in [-0.2, 0) is 9.47 Å². The summed E-state index contributed by atoms with van der Waals surface area (Å²) in [5, 5.41) is 0.0450. The van der Waals surface area contributed by atoms with Crippen LogP contribution in [0.5, 0.6) is 0 Å². The standard InChI is InChI=1S/C18H27NO3S/c1-17(2,3)22-16(20)19-14(12-21-18(19,4)5)11-15(23)13-9-7-6-8-10-13/h6-10,14-15,23H,11-12H2,1-5H3/t14-,15+/m0/s1.